The van der Waals surface area contributed by atoms with Gasteiger partial charge < -0.3 is 30.0 Å². The zero-order chi connectivity index (χ0) is 39.5. The maximum absolute atomic E-state index is 13.8. The fourth-order valence-electron chi connectivity index (χ4n) is 9.90. The van der Waals surface area contributed by atoms with Crippen molar-refractivity contribution in [1.29, 1.82) is 0 Å². The van der Waals surface area contributed by atoms with E-state index in [1.807, 2.05) is 60.5 Å². The quantitative estimate of drug-likeness (QED) is 0.147. The molecule has 13 nitrogen and oxygen atoms in total. The van der Waals surface area contributed by atoms with E-state index < -0.39 is 17.5 Å². The molecule has 2 aromatic heterocycles. The summed E-state index contributed by atoms with van der Waals surface area (Å²) < 4.78 is 3.74. The second-order valence-corrected chi connectivity index (χ2v) is 17.1. The molecule has 2 aromatic carbocycles. The maximum Gasteiger partial charge on any atom is 0.309 e. The summed E-state index contributed by atoms with van der Waals surface area (Å²) >= 11 is 7.00. The van der Waals surface area contributed by atoms with Crippen LogP contribution in [0.2, 0.25) is 5.02 Å². The van der Waals surface area contributed by atoms with Crippen molar-refractivity contribution in [2.45, 2.75) is 84.4 Å². The fraction of sp³-hybridized carbons (Fsp3) is 0.500. The zero-order valence-corrected chi connectivity index (χ0v) is 33.4. The largest absolute Gasteiger partial charge is 0.481 e. The van der Waals surface area contributed by atoms with Crippen LogP contribution in [-0.2, 0) is 44.8 Å². The lowest BCUT2D eigenvalue weighted by atomic mass is 9.80. The van der Waals surface area contributed by atoms with Crippen LogP contribution in [0.5, 0.6) is 0 Å². The van der Waals surface area contributed by atoms with E-state index in [1.54, 1.807) is 13.0 Å². The van der Waals surface area contributed by atoms with E-state index in [0.29, 0.717) is 53.2 Å². The van der Waals surface area contributed by atoms with Crippen molar-refractivity contribution >= 4 is 40.8 Å². The molecule has 296 valence electrons. The normalized spacial score (nSPS) is 22.5. The number of carbonyl (C=O) groups excluding carboxylic acids is 2. The first-order valence-corrected chi connectivity index (χ1v) is 20.1. The van der Waals surface area contributed by atoms with Crippen molar-refractivity contribution in [3.05, 3.63) is 81.4 Å². The number of aromatic nitrogens is 4. The van der Waals surface area contributed by atoms with Crippen LogP contribution >= 0.6 is 11.6 Å². The second kappa shape index (κ2) is 14.7. The number of anilines is 2. The van der Waals surface area contributed by atoms with Gasteiger partial charge in [-0.1, -0.05) is 35.9 Å². The number of nitrogens with zero attached hydrogens (tertiary/aromatic N) is 6. The average Bonchev–Trinajstić information content (AvgIpc) is 3.92. The van der Waals surface area contributed by atoms with E-state index in [4.69, 9.17) is 16.6 Å². The molecular formula is C42H51ClN8O5. The van der Waals surface area contributed by atoms with Crippen LogP contribution in [0.3, 0.4) is 0 Å². The van der Waals surface area contributed by atoms with E-state index in [1.165, 1.54) is 0 Å². The van der Waals surface area contributed by atoms with E-state index in [0.717, 1.165) is 105 Å². The highest BCUT2D eigenvalue weighted by molar-refractivity contribution is 6.36. The molecule has 0 spiro atoms. The number of amides is 2. The Morgan fingerprint density at radius 1 is 0.839 bits per heavy atom. The van der Waals surface area contributed by atoms with Crippen LogP contribution in [0, 0.1) is 17.8 Å². The number of fused-ring (bicyclic) bond motifs is 4. The van der Waals surface area contributed by atoms with Gasteiger partial charge in [-0.25, -0.2) is 9.97 Å². The summed E-state index contributed by atoms with van der Waals surface area (Å²) in [5, 5.41) is 26.1. The number of nitrogens with one attached hydrogen (secondary N) is 2. The molecule has 1 atom stereocenters. The minimum Gasteiger partial charge on any atom is -0.481 e. The highest BCUT2D eigenvalue weighted by Gasteiger charge is 2.57. The standard InChI is InChI=1S/C42H51ClN8O5/c1-25(52)21-51-19-12-34-32(23-51)45-37(49(34)4)39(54)47-30-10-6-8-28(35(30)43)27-7-5-9-29(26(27)2)46-38(53)36-44-31-22-50(18-11-33(31)48(36)3)20-17-41-13-15-42(24-41,16-14-41)40(55)56/h5-10,25,52H,11-24H2,1-4H3,(H,46,53)(H,47,54)(H,55,56)/t25-,41?,42?/m0/s1. The molecule has 0 saturated heterocycles. The Hall–Kier alpha value is -4.56. The summed E-state index contributed by atoms with van der Waals surface area (Å²) in [6.45, 7) is 8.06. The average molecular weight is 783 g/mol. The van der Waals surface area contributed by atoms with E-state index >= 15 is 0 Å². The van der Waals surface area contributed by atoms with Crippen molar-refractivity contribution in [2.75, 3.05) is 36.8 Å². The lowest BCUT2D eigenvalue weighted by Crippen LogP contribution is -2.36. The third-order valence-electron chi connectivity index (χ3n) is 13.1. The Balaban J connectivity index is 0.938. The SMILES string of the molecule is Cc1c(NC(=O)c2nc3c(n2C)CCN(CCC24CCC(C(=O)O)(CC2)C4)C3)cccc1-c1cccc(NC(=O)c2nc3c(n2C)CCN(C[C@H](C)O)C3)c1Cl. The van der Waals surface area contributed by atoms with Gasteiger partial charge in [0.05, 0.1) is 33.6 Å². The smallest absolute Gasteiger partial charge is 0.309 e. The van der Waals surface area contributed by atoms with Crippen molar-refractivity contribution < 1.29 is 24.6 Å². The predicted octanol–water partition coefficient (Wildman–Crippen LogP) is 5.81. The van der Waals surface area contributed by atoms with Crippen LogP contribution in [0.4, 0.5) is 11.4 Å². The molecule has 14 heteroatoms. The number of hydrogen-bond acceptors (Lipinski definition) is 8. The Labute approximate surface area is 332 Å². The lowest BCUT2D eigenvalue weighted by molar-refractivity contribution is -0.148. The summed E-state index contributed by atoms with van der Waals surface area (Å²) in [5.74, 6) is -0.634. The number of β-amino-alcohol motifs (C(OH)–C–C–N with tert-alkyl or cyclic N) is 1. The Bertz CT molecular complexity index is 2220. The summed E-state index contributed by atoms with van der Waals surface area (Å²) in [6, 6.07) is 11.2. The third kappa shape index (κ3) is 6.92. The molecule has 8 rings (SSSR count). The number of aliphatic carboxylic acids is 1. The first kappa shape index (κ1) is 38.3. The van der Waals surface area contributed by atoms with Crippen molar-refractivity contribution in [2.24, 2.45) is 24.9 Å². The van der Waals surface area contributed by atoms with E-state index in [-0.39, 0.29) is 17.2 Å². The van der Waals surface area contributed by atoms with Gasteiger partial charge in [0.15, 0.2) is 11.6 Å². The van der Waals surface area contributed by atoms with Gasteiger partial charge in [0.25, 0.3) is 11.8 Å². The number of carboxylic acid groups (broad SMARTS) is 1. The molecule has 4 heterocycles. The zero-order valence-electron chi connectivity index (χ0n) is 32.6. The minimum atomic E-state index is -0.623. The molecule has 56 heavy (non-hydrogen) atoms. The van der Waals surface area contributed by atoms with Crippen LogP contribution < -0.4 is 10.6 Å². The number of carbonyl (C=O) groups is 3. The number of benzene rings is 2. The molecular weight excluding hydrogens is 732 g/mol. The molecule has 4 aliphatic rings. The van der Waals surface area contributed by atoms with Gasteiger partial charge in [0.1, 0.15) is 0 Å². The van der Waals surface area contributed by atoms with Crippen molar-refractivity contribution in [3.63, 3.8) is 0 Å². The summed E-state index contributed by atoms with van der Waals surface area (Å²) in [4.78, 5) is 53.4. The monoisotopic (exact) mass is 782 g/mol. The van der Waals surface area contributed by atoms with Crippen molar-refractivity contribution in [1.82, 2.24) is 28.9 Å². The molecule has 2 amide bonds. The van der Waals surface area contributed by atoms with Gasteiger partial charge in [-0.3, -0.25) is 24.2 Å². The molecule has 2 aliphatic heterocycles. The third-order valence-corrected chi connectivity index (χ3v) is 13.5. The Morgan fingerprint density at radius 2 is 1.39 bits per heavy atom. The van der Waals surface area contributed by atoms with E-state index in [2.05, 4.69) is 25.4 Å². The first-order valence-electron chi connectivity index (χ1n) is 19.7. The summed E-state index contributed by atoms with van der Waals surface area (Å²) in [5.41, 5.74) is 6.90. The van der Waals surface area contributed by atoms with Gasteiger partial charge in [-0.2, -0.15) is 0 Å². The van der Waals surface area contributed by atoms with Crippen LogP contribution in [0.1, 0.15) is 95.0 Å². The molecule has 2 aliphatic carbocycles. The van der Waals surface area contributed by atoms with Gasteiger partial charge >= 0.3 is 5.97 Å². The fourth-order valence-corrected chi connectivity index (χ4v) is 10.2. The number of rotatable bonds is 11. The maximum atomic E-state index is 13.8. The number of imidazole rings is 2. The van der Waals surface area contributed by atoms with Gasteiger partial charge in [-0.05, 0) is 87.6 Å². The molecule has 2 fully saturated rings. The van der Waals surface area contributed by atoms with Gasteiger partial charge in [0, 0.05) is 82.3 Å². The Morgan fingerprint density at radius 3 is 1.98 bits per heavy atom. The topological polar surface area (TPSA) is 158 Å². The molecule has 4 aromatic rings. The number of halogens is 1. The highest BCUT2D eigenvalue weighted by atomic mass is 35.5. The number of hydrogen-bond donors (Lipinski definition) is 4. The number of carboxylic acids is 1. The summed E-state index contributed by atoms with van der Waals surface area (Å²) in [7, 11) is 3.75. The minimum absolute atomic E-state index is 0.142. The lowest BCUT2D eigenvalue weighted by Gasteiger charge is -2.32. The number of aliphatic hydroxyl groups excluding tert-OH is 1. The molecule has 0 unspecified atom stereocenters. The Kier molecular flexibility index (Phi) is 10.1. The molecule has 2 bridgehead atoms. The van der Waals surface area contributed by atoms with Crippen molar-refractivity contribution in [3.8, 4) is 11.1 Å². The predicted molar refractivity (Wildman–Crippen MR) is 214 cm³/mol. The van der Waals surface area contributed by atoms with Crippen LogP contribution in [0.25, 0.3) is 11.1 Å². The number of aliphatic hydroxyl groups is 1. The van der Waals surface area contributed by atoms with E-state index in [9.17, 15) is 24.6 Å². The van der Waals surface area contributed by atoms with Crippen LogP contribution in [-0.4, -0.2) is 89.2 Å². The highest BCUT2D eigenvalue weighted by Crippen LogP contribution is 2.63. The molecule has 4 N–H and O–H groups in total. The van der Waals surface area contributed by atoms with Gasteiger partial charge in [-0.15, -0.1) is 0 Å². The molecule has 0 radical (unpaired) electrons. The summed E-state index contributed by atoms with van der Waals surface area (Å²) in [6.07, 6.45) is 6.49. The second-order valence-electron chi connectivity index (χ2n) is 16.7. The van der Waals surface area contributed by atoms with Gasteiger partial charge in [0.2, 0.25) is 0 Å². The van der Waals surface area contributed by atoms with Crippen LogP contribution in [0.15, 0.2) is 36.4 Å². The molecule has 2 saturated carbocycles. The first-order chi connectivity index (χ1) is 26.8.